The molecule has 0 bridgehead atoms. The molecular weight excluding hydrogens is 380 g/mol. The smallest absolute Gasteiger partial charge is 0.186 e. The Balaban J connectivity index is 1.55. The van der Waals surface area contributed by atoms with Crippen LogP contribution >= 0.6 is 34.5 Å². The van der Waals surface area contributed by atoms with Crippen LogP contribution < -0.4 is 4.90 Å². The zero-order valence-corrected chi connectivity index (χ0v) is 15.3. The Bertz CT molecular complexity index is 1130. The molecule has 2 aromatic carbocycles. The molecule has 0 saturated carbocycles. The lowest BCUT2D eigenvalue weighted by Gasteiger charge is -2.26. The molecule has 2 aromatic heterocycles. The van der Waals surface area contributed by atoms with Gasteiger partial charge in [0.25, 0.3) is 0 Å². The number of aromatic amines is 1. The molecule has 126 valence electrons. The summed E-state index contributed by atoms with van der Waals surface area (Å²) >= 11 is 13.6. The van der Waals surface area contributed by atoms with Gasteiger partial charge < -0.3 is 9.88 Å². The lowest BCUT2D eigenvalue weighted by molar-refractivity contribution is 0.637. The van der Waals surface area contributed by atoms with Crippen molar-refractivity contribution in [1.29, 1.82) is 0 Å². The maximum atomic E-state index is 14.1. The van der Waals surface area contributed by atoms with Gasteiger partial charge in [-0.2, -0.15) is 0 Å². The molecule has 4 aromatic rings. The zero-order chi connectivity index (χ0) is 17.1. The Morgan fingerprint density at radius 1 is 1.16 bits per heavy atom. The standard InChI is InChI=1S/C18H12Cl2FN3S/c19-9-1-2-14-12(5-9)11-3-4-24(8-15(11)22-14)18-23-17-13(21)6-10(20)7-16(17)25-18/h1-2,5-7,22H,3-4,8H2. The number of nitrogens with zero attached hydrogens (tertiary/aromatic N) is 2. The fraction of sp³-hybridized carbons (Fsp3) is 0.167. The third kappa shape index (κ3) is 2.49. The molecule has 0 fully saturated rings. The normalized spacial score (nSPS) is 14.4. The second-order valence-corrected chi connectivity index (χ2v) is 8.06. The first-order valence-electron chi connectivity index (χ1n) is 7.88. The second-order valence-electron chi connectivity index (χ2n) is 6.17. The highest BCUT2D eigenvalue weighted by Crippen LogP contribution is 2.36. The molecular formula is C18H12Cl2FN3S. The summed E-state index contributed by atoms with van der Waals surface area (Å²) in [5.74, 6) is -0.372. The van der Waals surface area contributed by atoms with Crippen LogP contribution in [0.3, 0.4) is 0 Å². The van der Waals surface area contributed by atoms with E-state index in [2.05, 4.69) is 14.9 Å². The summed E-state index contributed by atoms with van der Waals surface area (Å²) in [5.41, 5.74) is 3.96. The minimum atomic E-state index is -0.372. The Kier molecular flexibility index (Phi) is 3.45. The van der Waals surface area contributed by atoms with Gasteiger partial charge in [0.15, 0.2) is 10.9 Å². The van der Waals surface area contributed by atoms with Crippen LogP contribution in [0.1, 0.15) is 11.3 Å². The maximum Gasteiger partial charge on any atom is 0.186 e. The number of thiazole rings is 1. The van der Waals surface area contributed by atoms with E-state index in [0.29, 0.717) is 10.5 Å². The first-order valence-corrected chi connectivity index (χ1v) is 9.45. The molecule has 0 saturated heterocycles. The maximum absolute atomic E-state index is 14.1. The van der Waals surface area contributed by atoms with E-state index >= 15 is 0 Å². The van der Waals surface area contributed by atoms with Crippen molar-refractivity contribution in [3.63, 3.8) is 0 Å². The number of nitrogens with one attached hydrogen (secondary N) is 1. The SMILES string of the molecule is Fc1cc(Cl)cc2sc(N3CCc4c([nH]c5ccc(Cl)cc45)C3)nc12. The van der Waals surface area contributed by atoms with Crippen LogP contribution in [0.15, 0.2) is 30.3 Å². The van der Waals surface area contributed by atoms with Gasteiger partial charge in [0.1, 0.15) is 5.52 Å². The van der Waals surface area contributed by atoms with Crippen LogP contribution in [0.5, 0.6) is 0 Å². The molecule has 3 nitrogen and oxygen atoms in total. The van der Waals surface area contributed by atoms with Crippen molar-refractivity contribution in [2.75, 3.05) is 11.4 Å². The summed E-state index contributed by atoms with van der Waals surface area (Å²) in [4.78, 5) is 10.2. The van der Waals surface area contributed by atoms with Gasteiger partial charge in [-0.3, -0.25) is 0 Å². The van der Waals surface area contributed by atoms with Crippen molar-refractivity contribution in [3.8, 4) is 0 Å². The van der Waals surface area contributed by atoms with Crippen molar-refractivity contribution in [2.24, 2.45) is 0 Å². The lowest BCUT2D eigenvalue weighted by Crippen LogP contribution is -2.30. The Morgan fingerprint density at radius 2 is 2.04 bits per heavy atom. The van der Waals surface area contributed by atoms with Crippen molar-refractivity contribution in [3.05, 3.63) is 57.5 Å². The van der Waals surface area contributed by atoms with Crippen molar-refractivity contribution >= 4 is 60.8 Å². The largest absolute Gasteiger partial charge is 0.357 e. The molecule has 3 heterocycles. The molecule has 1 N–H and O–H groups in total. The number of hydrogen-bond donors (Lipinski definition) is 1. The summed E-state index contributed by atoms with van der Waals surface area (Å²) in [6.07, 6.45) is 0.898. The quantitative estimate of drug-likeness (QED) is 0.445. The number of rotatable bonds is 1. The van der Waals surface area contributed by atoms with Crippen LogP contribution in [-0.4, -0.2) is 16.5 Å². The summed E-state index contributed by atoms with van der Waals surface area (Å²) in [6, 6.07) is 8.99. The van der Waals surface area contributed by atoms with Gasteiger partial charge in [-0.25, -0.2) is 9.37 Å². The van der Waals surface area contributed by atoms with Crippen molar-refractivity contribution in [1.82, 2.24) is 9.97 Å². The second kappa shape index (κ2) is 5.59. The molecule has 25 heavy (non-hydrogen) atoms. The summed E-state index contributed by atoms with van der Waals surface area (Å²) < 4.78 is 14.8. The van der Waals surface area contributed by atoms with Gasteiger partial charge in [0.05, 0.1) is 11.2 Å². The first kappa shape index (κ1) is 15.4. The molecule has 1 aliphatic rings. The molecule has 7 heteroatoms. The summed E-state index contributed by atoms with van der Waals surface area (Å²) in [5, 5.41) is 3.15. The van der Waals surface area contributed by atoms with E-state index in [4.69, 9.17) is 23.2 Å². The minimum Gasteiger partial charge on any atom is -0.357 e. The highest BCUT2D eigenvalue weighted by Gasteiger charge is 2.23. The third-order valence-corrected chi connectivity index (χ3v) is 6.13. The molecule has 1 aliphatic heterocycles. The van der Waals surface area contributed by atoms with Crippen LogP contribution in [0.25, 0.3) is 21.1 Å². The van der Waals surface area contributed by atoms with Crippen LogP contribution in [0, 0.1) is 5.82 Å². The van der Waals surface area contributed by atoms with Gasteiger partial charge in [-0.05, 0) is 42.3 Å². The number of hydrogen-bond acceptors (Lipinski definition) is 3. The number of benzene rings is 2. The third-order valence-electron chi connectivity index (χ3n) is 4.61. The molecule has 0 amide bonds. The fourth-order valence-electron chi connectivity index (χ4n) is 3.46. The van der Waals surface area contributed by atoms with E-state index in [1.54, 1.807) is 6.07 Å². The van der Waals surface area contributed by atoms with Crippen LogP contribution in [-0.2, 0) is 13.0 Å². The molecule has 0 aliphatic carbocycles. The summed E-state index contributed by atoms with van der Waals surface area (Å²) in [7, 11) is 0. The van der Waals surface area contributed by atoms with Crippen LogP contribution in [0.4, 0.5) is 9.52 Å². The Hall–Kier alpha value is -1.82. The predicted octanol–water partition coefficient (Wildman–Crippen LogP) is 5.79. The minimum absolute atomic E-state index is 0.372. The predicted molar refractivity (Wildman–Crippen MR) is 103 cm³/mol. The molecule has 0 atom stereocenters. The molecule has 5 rings (SSSR count). The average molecular weight is 392 g/mol. The van der Waals surface area contributed by atoms with E-state index in [9.17, 15) is 4.39 Å². The zero-order valence-electron chi connectivity index (χ0n) is 12.9. The molecule has 0 unspecified atom stereocenters. The Morgan fingerprint density at radius 3 is 2.92 bits per heavy atom. The van der Waals surface area contributed by atoms with Gasteiger partial charge in [0, 0.05) is 33.2 Å². The monoisotopic (exact) mass is 391 g/mol. The summed E-state index contributed by atoms with van der Waals surface area (Å²) in [6.45, 7) is 1.55. The van der Waals surface area contributed by atoms with Crippen molar-refractivity contribution < 1.29 is 4.39 Å². The van der Waals surface area contributed by atoms with Gasteiger partial charge in [-0.15, -0.1) is 0 Å². The van der Waals surface area contributed by atoms with Gasteiger partial charge in [0.2, 0.25) is 0 Å². The van der Waals surface area contributed by atoms with Crippen molar-refractivity contribution in [2.45, 2.75) is 13.0 Å². The highest BCUT2D eigenvalue weighted by molar-refractivity contribution is 7.22. The number of halogens is 3. The van der Waals surface area contributed by atoms with Gasteiger partial charge >= 0.3 is 0 Å². The number of anilines is 1. The van der Waals surface area contributed by atoms with E-state index in [0.717, 1.165) is 39.9 Å². The highest BCUT2D eigenvalue weighted by atomic mass is 35.5. The lowest BCUT2D eigenvalue weighted by atomic mass is 10.0. The van der Waals surface area contributed by atoms with Crippen LogP contribution in [0.2, 0.25) is 10.0 Å². The van der Waals surface area contributed by atoms with E-state index in [1.807, 2.05) is 18.2 Å². The molecule has 0 spiro atoms. The first-order chi connectivity index (χ1) is 12.1. The Labute approximate surface area is 157 Å². The van der Waals surface area contributed by atoms with E-state index < -0.39 is 0 Å². The van der Waals surface area contributed by atoms with Gasteiger partial charge in [-0.1, -0.05) is 34.5 Å². The average Bonchev–Trinajstić information content (AvgIpc) is 3.15. The molecule has 0 radical (unpaired) electrons. The number of aromatic nitrogens is 2. The van der Waals surface area contributed by atoms with E-state index in [-0.39, 0.29) is 5.82 Å². The fourth-order valence-corrected chi connectivity index (χ4v) is 4.94. The number of H-pyrrole nitrogens is 1. The topological polar surface area (TPSA) is 31.9 Å². The van der Waals surface area contributed by atoms with E-state index in [1.165, 1.54) is 34.0 Å². The number of fused-ring (bicyclic) bond motifs is 4.